The van der Waals surface area contributed by atoms with Crippen LogP contribution < -0.4 is 5.32 Å². The van der Waals surface area contributed by atoms with Gasteiger partial charge in [0.15, 0.2) is 0 Å². The lowest BCUT2D eigenvalue weighted by Gasteiger charge is -2.35. The zero-order valence-corrected chi connectivity index (χ0v) is 12.4. The smallest absolute Gasteiger partial charge is 0.0243 e. The molecule has 0 aromatic carbocycles. The van der Waals surface area contributed by atoms with Gasteiger partial charge in [-0.05, 0) is 31.6 Å². The standard InChI is InChI=1S/C13H28N2S/c1-11-6-7-14-12(13(2,3)4)10-15(11)8-9-16-5/h11-12,14H,6-10H2,1-5H3. The van der Waals surface area contributed by atoms with Crippen molar-refractivity contribution in [3.05, 3.63) is 0 Å². The van der Waals surface area contributed by atoms with Gasteiger partial charge in [-0.1, -0.05) is 20.8 Å². The van der Waals surface area contributed by atoms with E-state index in [-0.39, 0.29) is 0 Å². The SMILES string of the molecule is CSCCN1CC(C(C)(C)C)NCCC1C. The molecule has 1 N–H and O–H groups in total. The predicted molar refractivity (Wildman–Crippen MR) is 75.3 cm³/mol. The zero-order chi connectivity index (χ0) is 12.2. The van der Waals surface area contributed by atoms with Crippen molar-refractivity contribution in [2.24, 2.45) is 5.41 Å². The van der Waals surface area contributed by atoms with E-state index in [4.69, 9.17) is 0 Å². The monoisotopic (exact) mass is 244 g/mol. The van der Waals surface area contributed by atoms with Crippen molar-refractivity contribution in [1.29, 1.82) is 0 Å². The van der Waals surface area contributed by atoms with Crippen LogP contribution in [-0.4, -0.2) is 48.6 Å². The van der Waals surface area contributed by atoms with Gasteiger partial charge in [-0.3, -0.25) is 4.90 Å². The van der Waals surface area contributed by atoms with Crippen LogP contribution in [0.25, 0.3) is 0 Å². The maximum atomic E-state index is 3.71. The summed E-state index contributed by atoms with van der Waals surface area (Å²) < 4.78 is 0. The quantitative estimate of drug-likeness (QED) is 0.821. The van der Waals surface area contributed by atoms with Crippen molar-refractivity contribution in [1.82, 2.24) is 10.2 Å². The highest BCUT2D eigenvalue weighted by Gasteiger charge is 2.30. The van der Waals surface area contributed by atoms with Crippen LogP contribution in [0.15, 0.2) is 0 Å². The molecule has 0 spiro atoms. The average molecular weight is 244 g/mol. The third-order valence-corrected chi connectivity index (χ3v) is 4.21. The fraction of sp³-hybridized carbons (Fsp3) is 1.00. The molecule has 1 fully saturated rings. The molecule has 2 unspecified atom stereocenters. The molecule has 2 atom stereocenters. The summed E-state index contributed by atoms with van der Waals surface area (Å²) >= 11 is 1.95. The summed E-state index contributed by atoms with van der Waals surface area (Å²) in [5, 5.41) is 3.71. The third-order valence-electron chi connectivity index (χ3n) is 3.62. The molecule has 0 aromatic heterocycles. The van der Waals surface area contributed by atoms with Gasteiger partial charge in [0, 0.05) is 30.9 Å². The van der Waals surface area contributed by atoms with Gasteiger partial charge in [-0.15, -0.1) is 0 Å². The second-order valence-corrected chi connectivity index (χ2v) is 6.98. The second-order valence-electron chi connectivity index (χ2n) is 6.00. The number of nitrogens with zero attached hydrogens (tertiary/aromatic N) is 1. The van der Waals surface area contributed by atoms with Crippen molar-refractivity contribution >= 4 is 11.8 Å². The molecule has 0 saturated carbocycles. The second kappa shape index (κ2) is 6.27. The van der Waals surface area contributed by atoms with Crippen molar-refractivity contribution in [3.8, 4) is 0 Å². The summed E-state index contributed by atoms with van der Waals surface area (Å²) in [5.41, 5.74) is 0.363. The molecule has 1 aliphatic rings. The molecule has 0 radical (unpaired) electrons. The average Bonchev–Trinajstić information content (AvgIpc) is 2.37. The van der Waals surface area contributed by atoms with Crippen molar-refractivity contribution in [2.75, 3.05) is 31.6 Å². The highest BCUT2D eigenvalue weighted by atomic mass is 32.2. The summed E-state index contributed by atoms with van der Waals surface area (Å²) in [4.78, 5) is 2.66. The summed E-state index contributed by atoms with van der Waals surface area (Å²) in [7, 11) is 0. The molecule has 1 saturated heterocycles. The Morgan fingerprint density at radius 2 is 2.06 bits per heavy atom. The van der Waals surface area contributed by atoms with Gasteiger partial charge >= 0.3 is 0 Å². The molecule has 16 heavy (non-hydrogen) atoms. The fourth-order valence-electron chi connectivity index (χ4n) is 2.23. The van der Waals surface area contributed by atoms with Crippen LogP contribution in [0.2, 0.25) is 0 Å². The Morgan fingerprint density at radius 1 is 1.38 bits per heavy atom. The molecule has 1 aliphatic heterocycles. The van der Waals surface area contributed by atoms with Crippen LogP contribution in [-0.2, 0) is 0 Å². The van der Waals surface area contributed by atoms with E-state index in [0.29, 0.717) is 11.5 Å². The number of rotatable bonds is 3. The number of hydrogen-bond donors (Lipinski definition) is 1. The molecule has 2 nitrogen and oxygen atoms in total. The Kier molecular flexibility index (Phi) is 5.62. The maximum Gasteiger partial charge on any atom is 0.0243 e. The van der Waals surface area contributed by atoms with Crippen molar-refractivity contribution in [3.63, 3.8) is 0 Å². The van der Waals surface area contributed by atoms with E-state index in [2.05, 4.69) is 44.2 Å². The van der Waals surface area contributed by atoms with E-state index in [1.165, 1.54) is 31.8 Å². The first kappa shape index (κ1) is 14.3. The minimum absolute atomic E-state index is 0.363. The van der Waals surface area contributed by atoms with E-state index in [1.807, 2.05) is 11.8 Å². The van der Waals surface area contributed by atoms with E-state index in [0.717, 1.165) is 6.04 Å². The number of thioether (sulfide) groups is 1. The Bertz CT molecular complexity index is 201. The van der Waals surface area contributed by atoms with Crippen LogP contribution in [0.3, 0.4) is 0 Å². The molecule has 0 aromatic rings. The maximum absolute atomic E-state index is 3.71. The normalized spacial score (nSPS) is 29.1. The summed E-state index contributed by atoms with van der Waals surface area (Å²) in [6.07, 6.45) is 3.48. The minimum Gasteiger partial charge on any atom is -0.312 e. The minimum atomic E-state index is 0.363. The Morgan fingerprint density at radius 3 is 2.62 bits per heavy atom. The van der Waals surface area contributed by atoms with Gasteiger partial charge in [-0.2, -0.15) is 11.8 Å². The third kappa shape index (κ3) is 4.27. The van der Waals surface area contributed by atoms with E-state index >= 15 is 0 Å². The lowest BCUT2D eigenvalue weighted by molar-refractivity contribution is 0.172. The molecule has 0 aliphatic carbocycles. The van der Waals surface area contributed by atoms with Crippen LogP contribution >= 0.6 is 11.8 Å². The van der Waals surface area contributed by atoms with E-state index < -0.39 is 0 Å². The van der Waals surface area contributed by atoms with Crippen molar-refractivity contribution < 1.29 is 0 Å². The number of hydrogen-bond acceptors (Lipinski definition) is 3. The van der Waals surface area contributed by atoms with Crippen molar-refractivity contribution in [2.45, 2.75) is 46.2 Å². The first-order chi connectivity index (χ1) is 7.45. The van der Waals surface area contributed by atoms with Gasteiger partial charge in [0.05, 0.1) is 0 Å². The Hall–Kier alpha value is 0.270. The summed E-state index contributed by atoms with van der Waals surface area (Å²) in [5.74, 6) is 1.25. The molecule has 96 valence electrons. The van der Waals surface area contributed by atoms with E-state index in [9.17, 15) is 0 Å². The van der Waals surface area contributed by atoms with Gasteiger partial charge in [0.2, 0.25) is 0 Å². The zero-order valence-electron chi connectivity index (χ0n) is 11.5. The molecule has 0 amide bonds. The van der Waals surface area contributed by atoms with Crippen LogP contribution in [0, 0.1) is 5.41 Å². The molecular weight excluding hydrogens is 216 g/mol. The fourth-order valence-corrected chi connectivity index (χ4v) is 2.65. The molecular formula is C13H28N2S. The topological polar surface area (TPSA) is 15.3 Å². The van der Waals surface area contributed by atoms with Gasteiger partial charge in [0.25, 0.3) is 0 Å². The first-order valence-electron chi connectivity index (χ1n) is 6.41. The van der Waals surface area contributed by atoms with Crippen LogP contribution in [0.1, 0.15) is 34.1 Å². The Labute approximate surface area is 106 Å². The van der Waals surface area contributed by atoms with Gasteiger partial charge in [-0.25, -0.2) is 0 Å². The largest absolute Gasteiger partial charge is 0.312 e. The first-order valence-corrected chi connectivity index (χ1v) is 7.81. The molecule has 3 heteroatoms. The predicted octanol–water partition coefficient (Wildman–Crippen LogP) is 2.45. The van der Waals surface area contributed by atoms with Crippen LogP contribution in [0.4, 0.5) is 0 Å². The van der Waals surface area contributed by atoms with E-state index in [1.54, 1.807) is 0 Å². The lowest BCUT2D eigenvalue weighted by Crippen LogP contribution is -2.47. The highest BCUT2D eigenvalue weighted by Crippen LogP contribution is 2.23. The molecule has 0 bridgehead atoms. The summed E-state index contributed by atoms with van der Waals surface area (Å²) in [6.45, 7) is 13.0. The van der Waals surface area contributed by atoms with Crippen LogP contribution in [0.5, 0.6) is 0 Å². The molecule has 1 heterocycles. The molecule has 1 rings (SSSR count). The highest BCUT2D eigenvalue weighted by molar-refractivity contribution is 7.98. The Balaban J connectivity index is 2.58. The summed E-state index contributed by atoms with van der Waals surface area (Å²) in [6, 6.07) is 1.35. The van der Waals surface area contributed by atoms with Gasteiger partial charge in [0.1, 0.15) is 0 Å². The lowest BCUT2D eigenvalue weighted by atomic mass is 9.86. The van der Waals surface area contributed by atoms with Gasteiger partial charge < -0.3 is 5.32 Å². The number of nitrogens with one attached hydrogen (secondary N) is 1.